The molecule has 126 valence electrons. The molecular weight excluding hydrogens is 334 g/mol. The molecule has 0 saturated heterocycles. The maximum Gasteiger partial charge on any atom is 0.256 e. The van der Waals surface area contributed by atoms with Crippen molar-refractivity contribution in [2.45, 2.75) is 6.92 Å². The van der Waals surface area contributed by atoms with Gasteiger partial charge in [0.15, 0.2) is 0 Å². The van der Waals surface area contributed by atoms with E-state index in [-0.39, 0.29) is 18.0 Å². The largest absolute Gasteiger partial charge is 0.496 e. The molecule has 1 aromatic heterocycles. The Bertz CT molecular complexity index is 1120. The number of hydrogen-bond donors (Lipinski definition) is 1. The van der Waals surface area contributed by atoms with Crippen molar-refractivity contribution in [3.8, 4) is 16.9 Å². The molecule has 0 aliphatic rings. The summed E-state index contributed by atoms with van der Waals surface area (Å²) in [5.74, 6) is 0.809. The molecule has 4 heteroatoms. The van der Waals surface area contributed by atoms with Gasteiger partial charge in [0, 0.05) is 16.3 Å². The molecule has 0 saturated carbocycles. The molecule has 3 nitrogen and oxygen atoms in total. The van der Waals surface area contributed by atoms with Crippen LogP contribution in [0, 0.1) is 6.92 Å². The number of aryl methyl sites for hydroxylation is 1. The SMILES string of the molecule is COc1cc(C)c2[nH]c(=O)c3ccccc3c2c1-c1ccccc1.Cl. The highest BCUT2D eigenvalue weighted by molar-refractivity contribution is 6.14. The number of aromatic amines is 1. The van der Waals surface area contributed by atoms with E-state index in [4.69, 9.17) is 4.74 Å². The van der Waals surface area contributed by atoms with Gasteiger partial charge in [0.25, 0.3) is 5.56 Å². The van der Waals surface area contributed by atoms with E-state index >= 15 is 0 Å². The molecule has 4 aromatic rings. The fraction of sp³-hybridized carbons (Fsp3) is 0.0952. The average Bonchev–Trinajstić information content (AvgIpc) is 2.63. The standard InChI is InChI=1S/C21H17NO2.ClH/c1-13-12-17(24-2)18(14-8-4-3-5-9-14)19-15-10-6-7-11-16(15)21(23)22-20(13)19;/h3-12H,1-2H3,(H,22,23);1H. The van der Waals surface area contributed by atoms with E-state index in [2.05, 4.69) is 17.1 Å². The summed E-state index contributed by atoms with van der Waals surface area (Å²) in [6.07, 6.45) is 0. The number of benzene rings is 3. The van der Waals surface area contributed by atoms with Gasteiger partial charge >= 0.3 is 0 Å². The molecule has 3 aromatic carbocycles. The third-order valence-corrected chi connectivity index (χ3v) is 4.45. The highest BCUT2D eigenvalue weighted by Crippen LogP contribution is 2.40. The van der Waals surface area contributed by atoms with Gasteiger partial charge in [-0.3, -0.25) is 4.79 Å². The van der Waals surface area contributed by atoms with Gasteiger partial charge in [0.1, 0.15) is 5.75 Å². The summed E-state index contributed by atoms with van der Waals surface area (Å²) in [5.41, 5.74) is 3.86. The number of aromatic nitrogens is 1. The summed E-state index contributed by atoms with van der Waals surface area (Å²) in [7, 11) is 1.68. The first kappa shape index (κ1) is 17.1. The van der Waals surface area contributed by atoms with Crippen LogP contribution < -0.4 is 10.3 Å². The van der Waals surface area contributed by atoms with Gasteiger partial charge in [0.2, 0.25) is 0 Å². The van der Waals surface area contributed by atoms with Gasteiger partial charge in [-0.05, 0) is 35.6 Å². The quantitative estimate of drug-likeness (QED) is 0.511. The number of rotatable bonds is 2. The Kier molecular flexibility index (Phi) is 4.51. The van der Waals surface area contributed by atoms with E-state index in [0.717, 1.165) is 38.7 Å². The summed E-state index contributed by atoms with van der Waals surface area (Å²) >= 11 is 0. The monoisotopic (exact) mass is 351 g/mol. The summed E-state index contributed by atoms with van der Waals surface area (Å²) in [4.78, 5) is 15.5. The van der Waals surface area contributed by atoms with E-state index in [9.17, 15) is 4.79 Å². The van der Waals surface area contributed by atoms with Gasteiger partial charge in [-0.1, -0.05) is 48.5 Å². The predicted molar refractivity (Wildman–Crippen MR) is 106 cm³/mol. The molecule has 0 spiro atoms. The summed E-state index contributed by atoms with van der Waals surface area (Å²) in [6, 6.07) is 19.8. The maximum atomic E-state index is 12.5. The lowest BCUT2D eigenvalue weighted by atomic mass is 9.93. The van der Waals surface area contributed by atoms with Crippen molar-refractivity contribution in [2.24, 2.45) is 0 Å². The Morgan fingerprint density at radius 3 is 2.24 bits per heavy atom. The topological polar surface area (TPSA) is 42.1 Å². The summed E-state index contributed by atoms with van der Waals surface area (Å²) < 4.78 is 5.68. The van der Waals surface area contributed by atoms with E-state index < -0.39 is 0 Å². The smallest absolute Gasteiger partial charge is 0.256 e. The van der Waals surface area contributed by atoms with Crippen LogP contribution in [0.3, 0.4) is 0 Å². The number of fused-ring (bicyclic) bond motifs is 3. The number of hydrogen-bond acceptors (Lipinski definition) is 2. The minimum Gasteiger partial charge on any atom is -0.496 e. The molecule has 1 heterocycles. The van der Waals surface area contributed by atoms with Crippen LogP contribution in [0.5, 0.6) is 5.75 Å². The van der Waals surface area contributed by atoms with Crippen molar-refractivity contribution in [2.75, 3.05) is 7.11 Å². The average molecular weight is 352 g/mol. The maximum absolute atomic E-state index is 12.5. The van der Waals surface area contributed by atoms with Gasteiger partial charge in [-0.15, -0.1) is 12.4 Å². The van der Waals surface area contributed by atoms with Crippen LogP contribution in [0.25, 0.3) is 32.8 Å². The second-order valence-electron chi connectivity index (χ2n) is 5.89. The van der Waals surface area contributed by atoms with Crippen LogP contribution in [-0.2, 0) is 0 Å². The minimum atomic E-state index is -0.0645. The molecule has 0 bridgehead atoms. The van der Waals surface area contributed by atoms with Crippen molar-refractivity contribution in [1.82, 2.24) is 4.98 Å². The molecule has 0 atom stereocenters. The van der Waals surface area contributed by atoms with Gasteiger partial charge < -0.3 is 9.72 Å². The number of H-pyrrole nitrogens is 1. The zero-order valence-corrected chi connectivity index (χ0v) is 14.8. The minimum absolute atomic E-state index is 0. The van der Waals surface area contributed by atoms with Crippen LogP contribution >= 0.6 is 12.4 Å². The Labute approximate surface area is 151 Å². The number of methoxy groups -OCH3 is 1. The number of pyridine rings is 1. The van der Waals surface area contributed by atoms with Gasteiger partial charge in [0.05, 0.1) is 12.6 Å². The Balaban J connectivity index is 0.00000182. The van der Waals surface area contributed by atoms with E-state index in [1.54, 1.807) is 7.11 Å². The first-order chi connectivity index (χ1) is 11.7. The summed E-state index contributed by atoms with van der Waals surface area (Å²) in [6.45, 7) is 1.99. The molecule has 0 fully saturated rings. The van der Waals surface area contributed by atoms with Crippen LogP contribution in [0.2, 0.25) is 0 Å². The lowest BCUT2D eigenvalue weighted by Crippen LogP contribution is -2.08. The zero-order valence-electron chi connectivity index (χ0n) is 14.0. The third-order valence-electron chi connectivity index (χ3n) is 4.45. The second-order valence-corrected chi connectivity index (χ2v) is 5.89. The van der Waals surface area contributed by atoms with E-state index in [0.29, 0.717) is 5.39 Å². The van der Waals surface area contributed by atoms with Crippen LogP contribution in [0.4, 0.5) is 0 Å². The molecule has 0 radical (unpaired) electrons. The third kappa shape index (κ3) is 2.67. The summed E-state index contributed by atoms with van der Waals surface area (Å²) in [5, 5.41) is 2.65. The molecule has 4 rings (SSSR count). The number of ether oxygens (including phenoxy) is 1. The molecule has 0 aliphatic heterocycles. The highest BCUT2D eigenvalue weighted by Gasteiger charge is 2.17. The van der Waals surface area contributed by atoms with Crippen molar-refractivity contribution in [1.29, 1.82) is 0 Å². The second kappa shape index (κ2) is 6.61. The first-order valence-electron chi connectivity index (χ1n) is 7.88. The van der Waals surface area contributed by atoms with E-state index in [1.807, 2.05) is 55.5 Å². The molecule has 25 heavy (non-hydrogen) atoms. The van der Waals surface area contributed by atoms with Crippen molar-refractivity contribution >= 4 is 34.1 Å². The van der Waals surface area contributed by atoms with Crippen LogP contribution in [0.15, 0.2) is 65.5 Å². The Hall–Kier alpha value is -2.78. The lowest BCUT2D eigenvalue weighted by Gasteiger charge is -2.16. The van der Waals surface area contributed by atoms with Crippen LogP contribution in [0.1, 0.15) is 5.56 Å². The Morgan fingerprint density at radius 2 is 1.56 bits per heavy atom. The van der Waals surface area contributed by atoms with Crippen molar-refractivity contribution in [3.05, 3.63) is 76.6 Å². The lowest BCUT2D eigenvalue weighted by molar-refractivity contribution is 0.416. The Morgan fingerprint density at radius 1 is 0.920 bits per heavy atom. The van der Waals surface area contributed by atoms with E-state index in [1.165, 1.54) is 0 Å². The predicted octanol–water partition coefficient (Wildman–Crippen LogP) is 5.09. The fourth-order valence-corrected chi connectivity index (χ4v) is 3.35. The zero-order chi connectivity index (χ0) is 16.7. The molecule has 0 aliphatic carbocycles. The number of halogens is 1. The molecule has 0 amide bonds. The van der Waals surface area contributed by atoms with Gasteiger partial charge in [-0.25, -0.2) is 0 Å². The van der Waals surface area contributed by atoms with Crippen molar-refractivity contribution < 1.29 is 4.74 Å². The highest BCUT2D eigenvalue weighted by atomic mass is 35.5. The normalized spacial score (nSPS) is 10.6. The van der Waals surface area contributed by atoms with Crippen molar-refractivity contribution in [3.63, 3.8) is 0 Å². The first-order valence-corrected chi connectivity index (χ1v) is 7.88. The molecule has 0 unspecified atom stereocenters. The molecular formula is C21H18ClNO2. The molecule has 1 N–H and O–H groups in total. The van der Waals surface area contributed by atoms with Crippen LogP contribution in [-0.4, -0.2) is 12.1 Å². The van der Waals surface area contributed by atoms with Gasteiger partial charge in [-0.2, -0.15) is 0 Å². The fourth-order valence-electron chi connectivity index (χ4n) is 3.35. The number of nitrogens with one attached hydrogen (secondary N) is 1.